The lowest BCUT2D eigenvalue weighted by Crippen LogP contribution is -2.10. The Bertz CT molecular complexity index is 516. The third-order valence-corrected chi connectivity index (χ3v) is 5.07. The lowest BCUT2D eigenvalue weighted by molar-refractivity contribution is 0.753. The largest absolute Gasteiger partial charge is 0.214 e. The zero-order valence-electron chi connectivity index (χ0n) is 9.74. The van der Waals surface area contributed by atoms with Crippen LogP contribution in [0.4, 0.5) is 0 Å². The van der Waals surface area contributed by atoms with Crippen molar-refractivity contribution >= 4 is 23.4 Å². The summed E-state index contributed by atoms with van der Waals surface area (Å²) in [6, 6.07) is 9.92. The molecule has 1 aliphatic rings. The van der Waals surface area contributed by atoms with Crippen LogP contribution in [0.15, 0.2) is 35.5 Å². The van der Waals surface area contributed by atoms with Gasteiger partial charge in [0.1, 0.15) is 0 Å². The predicted octanol–water partition coefficient (Wildman–Crippen LogP) is 2.91. The molecule has 1 saturated carbocycles. The van der Waals surface area contributed by atoms with E-state index in [1.54, 1.807) is 16.4 Å². The van der Waals surface area contributed by atoms with E-state index in [9.17, 15) is 0 Å². The number of nitrogens with zero attached hydrogens (tertiary/aromatic N) is 4. The predicted molar refractivity (Wildman–Crippen MR) is 72.3 cm³/mol. The van der Waals surface area contributed by atoms with Gasteiger partial charge in [-0.1, -0.05) is 36.4 Å². The van der Waals surface area contributed by atoms with E-state index in [1.807, 2.05) is 30.3 Å². The van der Waals surface area contributed by atoms with E-state index in [1.165, 1.54) is 6.42 Å². The first-order valence-electron chi connectivity index (χ1n) is 5.99. The number of benzene rings is 1. The number of aromatic nitrogens is 4. The summed E-state index contributed by atoms with van der Waals surface area (Å²) in [6.07, 6.45) is 3.42. The molecule has 0 radical (unpaired) electrons. The molecule has 1 fully saturated rings. The average molecular weight is 281 g/mol. The van der Waals surface area contributed by atoms with Crippen LogP contribution in [0.5, 0.6) is 0 Å². The monoisotopic (exact) mass is 280 g/mol. The van der Waals surface area contributed by atoms with Crippen molar-refractivity contribution in [3.05, 3.63) is 30.3 Å². The van der Waals surface area contributed by atoms with Gasteiger partial charge in [0.05, 0.1) is 5.69 Å². The number of rotatable bonds is 3. The molecule has 1 aromatic carbocycles. The molecule has 0 bridgehead atoms. The molecule has 0 N–H and O–H groups in total. The summed E-state index contributed by atoms with van der Waals surface area (Å²) in [5.74, 6) is 0. The Kier molecular flexibility index (Phi) is 3.52. The van der Waals surface area contributed by atoms with E-state index >= 15 is 0 Å². The van der Waals surface area contributed by atoms with Gasteiger partial charge >= 0.3 is 0 Å². The number of thioether (sulfide) groups is 1. The van der Waals surface area contributed by atoms with Crippen molar-refractivity contribution in [2.75, 3.05) is 0 Å². The second kappa shape index (κ2) is 5.28. The highest BCUT2D eigenvalue weighted by Gasteiger charge is 2.28. The highest BCUT2D eigenvalue weighted by Crippen LogP contribution is 2.37. The van der Waals surface area contributed by atoms with Crippen LogP contribution in [0.2, 0.25) is 0 Å². The summed E-state index contributed by atoms with van der Waals surface area (Å²) >= 11 is 7.98. The lowest BCUT2D eigenvalue weighted by Gasteiger charge is -2.12. The molecule has 2 atom stereocenters. The molecule has 1 heterocycles. The van der Waals surface area contributed by atoms with Gasteiger partial charge in [0.25, 0.3) is 0 Å². The van der Waals surface area contributed by atoms with Crippen LogP contribution in [-0.4, -0.2) is 30.8 Å². The van der Waals surface area contributed by atoms with E-state index in [0.29, 0.717) is 5.25 Å². The topological polar surface area (TPSA) is 43.6 Å². The van der Waals surface area contributed by atoms with Crippen molar-refractivity contribution in [3.8, 4) is 5.69 Å². The number of hydrogen-bond acceptors (Lipinski definition) is 4. The second-order valence-corrected chi connectivity index (χ2v) is 6.08. The van der Waals surface area contributed by atoms with Gasteiger partial charge in [-0.3, -0.25) is 0 Å². The van der Waals surface area contributed by atoms with Crippen molar-refractivity contribution in [1.29, 1.82) is 0 Å². The summed E-state index contributed by atoms with van der Waals surface area (Å²) < 4.78 is 1.77. The van der Waals surface area contributed by atoms with Gasteiger partial charge < -0.3 is 0 Å². The zero-order valence-corrected chi connectivity index (χ0v) is 11.3. The third-order valence-electron chi connectivity index (χ3n) is 3.07. The summed E-state index contributed by atoms with van der Waals surface area (Å²) in [4.78, 5) is 0. The van der Waals surface area contributed by atoms with Crippen LogP contribution >= 0.6 is 23.4 Å². The van der Waals surface area contributed by atoms with E-state index in [4.69, 9.17) is 11.6 Å². The Morgan fingerprint density at radius 2 is 2.06 bits per heavy atom. The van der Waals surface area contributed by atoms with Crippen molar-refractivity contribution in [1.82, 2.24) is 20.2 Å². The van der Waals surface area contributed by atoms with Gasteiger partial charge in [-0.05, 0) is 35.4 Å². The van der Waals surface area contributed by atoms with Crippen molar-refractivity contribution in [2.45, 2.75) is 35.0 Å². The smallest absolute Gasteiger partial charge is 0.188 e. The van der Waals surface area contributed by atoms with Crippen molar-refractivity contribution < 1.29 is 0 Å². The maximum absolute atomic E-state index is 6.29. The Morgan fingerprint density at radius 1 is 1.22 bits per heavy atom. The normalized spacial score (nSPS) is 23.4. The fraction of sp³-hybridized carbons (Fsp3) is 0.417. The van der Waals surface area contributed by atoms with Crippen LogP contribution in [0, 0.1) is 0 Å². The van der Waals surface area contributed by atoms with Gasteiger partial charge in [-0.15, -0.1) is 16.7 Å². The summed E-state index contributed by atoms with van der Waals surface area (Å²) in [5, 5.41) is 13.4. The van der Waals surface area contributed by atoms with Crippen molar-refractivity contribution in [3.63, 3.8) is 0 Å². The van der Waals surface area contributed by atoms with Gasteiger partial charge in [0.15, 0.2) is 0 Å². The molecule has 0 amide bonds. The first kappa shape index (κ1) is 12.0. The maximum atomic E-state index is 6.29. The number of halogens is 1. The molecule has 0 unspecified atom stereocenters. The summed E-state index contributed by atoms with van der Waals surface area (Å²) in [7, 11) is 0. The third kappa shape index (κ3) is 2.37. The molecule has 1 aromatic heterocycles. The first-order valence-corrected chi connectivity index (χ1v) is 7.31. The van der Waals surface area contributed by atoms with Gasteiger partial charge in [0.2, 0.25) is 5.16 Å². The van der Waals surface area contributed by atoms with Crippen LogP contribution in [0.1, 0.15) is 19.3 Å². The molecule has 1 aliphatic carbocycles. The minimum Gasteiger partial charge on any atom is -0.188 e. The molecule has 18 heavy (non-hydrogen) atoms. The Balaban J connectivity index is 1.84. The minimum absolute atomic E-state index is 0.232. The summed E-state index contributed by atoms with van der Waals surface area (Å²) in [6.45, 7) is 0. The molecule has 0 aliphatic heterocycles. The van der Waals surface area contributed by atoms with E-state index in [0.717, 1.165) is 23.7 Å². The quantitative estimate of drug-likeness (QED) is 0.811. The molecule has 94 valence electrons. The molecule has 0 spiro atoms. The maximum Gasteiger partial charge on any atom is 0.214 e. The molecule has 0 saturated heterocycles. The minimum atomic E-state index is 0.232. The van der Waals surface area contributed by atoms with Gasteiger partial charge in [0, 0.05) is 10.6 Å². The van der Waals surface area contributed by atoms with Crippen LogP contribution in [-0.2, 0) is 0 Å². The van der Waals surface area contributed by atoms with Crippen LogP contribution < -0.4 is 0 Å². The summed E-state index contributed by atoms with van der Waals surface area (Å²) in [5.41, 5.74) is 0.981. The highest BCUT2D eigenvalue weighted by atomic mass is 35.5. The number of para-hydroxylation sites is 1. The lowest BCUT2D eigenvalue weighted by atomic mass is 10.3. The molecular formula is C12H13ClN4S. The van der Waals surface area contributed by atoms with Crippen molar-refractivity contribution in [2.24, 2.45) is 0 Å². The Labute approximate surface area is 115 Å². The fourth-order valence-corrected chi connectivity index (χ4v) is 3.73. The average Bonchev–Trinajstić information content (AvgIpc) is 3.01. The zero-order chi connectivity index (χ0) is 12.4. The molecule has 6 heteroatoms. The number of alkyl halides is 1. The first-order chi connectivity index (χ1) is 8.84. The second-order valence-electron chi connectivity index (χ2n) is 4.31. The molecule has 4 nitrogen and oxygen atoms in total. The van der Waals surface area contributed by atoms with Crippen LogP contribution in [0.3, 0.4) is 0 Å². The van der Waals surface area contributed by atoms with Gasteiger partial charge in [-0.25, -0.2) is 0 Å². The standard InChI is InChI=1S/C12H13ClN4S/c13-10-7-4-8-11(10)18-12-14-15-16-17(12)9-5-2-1-3-6-9/h1-3,5-6,10-11H,4,7-8H2/t10-,11-/m1/s1. The fourth-order valence-electron chi connectivity index (χ4n) is 2.13. The SMILES string of the molecule is Cl[C@@H]1CCC[C@H]1Sc1nnnn1-c1ccccc1. The van der Waals surface area contributed by atoms with Gasteiger partial charge in [-0.2, -0.15) is 4.68 Å². The Morgan fingerprint density at radius 3 is 2.78 bits per heavy atom. The molecular weight excluding hydrogens is 268 g/mol. The number of tetrazole rings is 1. The van der Waals surface area contributed by atoms with Crippen LogP contribution in [0.25, 0.3) is 5.69 Å². The number of hydrogen-bond donors (Lipinski definition) is 0. The molecule has 3 rings (SSSR count). The Hall–Kier alpha value is -1.07. The highest BCUT2D eigenvalue weighted by molar-refractivity contribution is 7.99. The molecule has 2 aromatic rings. The van der Waals surface area contributed by atoms with E-state index in [2.05, 4.69) is 15.5 Å². The van der Waals surface area contributed by atoms with E-state index in [-0.39, 0.29) is 5.38 Å². The van der Waals surface area contributed by atoms with E-state index < -0.39 is 0 Å².